The topological polar surface area (TPSA) is 33.3 Å². The van der Waals surface area contributed by atoms with E-state index in [-0.39, 0.29) is 0 Å². The van der Waals surface area contributed by atoms with Gasteiger partial charge in [-0.3, -0.25) is 0 Å². The van der Waals surface area contributed by atoms with Crippen molar-refractivity contribution in [2.24, 2.45) is 0 Å². The molecule has 0 bridgehead atoms. The lowest BCUT2D eigenvalue weighted by molar-refractivity contribution is 0.110. The summed E-state index contributed by atoms with van der Waals surface area (Å²) in [6, 6.07) is 0.588. The van der Waals surface area contributed by atoms with Crippen LogP contribution in [0.15, 0.2) is 0 Å². The molecule has 13 heavy (non-hydrogen) atoms. The van der Waals surface area contributed by atoms with Gasteiger partial charge in [-0.2, -0.15) is 0 Å². The van der Waals surface area contributed by atoms with Crippen LogP contribution in [0.1, 0.15) is 26.7 Å². The predicted molar refractivity (Wildman–Crippen MR) is 55.0 cm³/mol. The fourth-order valence-corrected chi connectivity index (χ4v) is 1.52. The van der Waals surface area contributed by atoms with E-state index in [9.17, 15) is 0 Å². The quantitative estimate of drug-likeness (QED) is 0.601. The SMILES string of the molecule is CC(C)NCCNC[C@H]1CCCO1. The number of rotatable bonds is 6. The lowest BCUT2D eigenvalue weighted by Crippen LogP contribution is -2.35. The molecule has 3 heteroatoms. The van der Waals surface area contributed by atoms with E-state index in [1.54, 1.807) is 0 Å². The zero-order chi connectivity index (χ0) is 9.52. The number of hydrogen-bond acceptors (Lipinski definition) is 3. The molecule has 0 aromatic heterocycles. The van der Waals surface area contributed by atoms with Gasteiger partial charge in [0, 0.05) is 32.3 Å². The molecule has 78 valence electrons. The Kier molecular flexibility index (Phi) is 5.35. The zero-order valence-electron chi connectivity index (χ0n) is 8.81. The van der Waals surface area contributed by atoms with E-state index in [0.717, 1.165) is 26.2 Å². The van der Waals surface area contributed by atoms with Crippen LogP contribution in [0.2, 0.25) is 0 Å². The summed E-state index contributed by atoms with van der Waals surface area (Å²) in [5.41, 5.74) is 0. The highest BCUT2D eigenvalue weighted by Crippen LogP contribution is 2.10. The smallest absolute Gasteiger partial charge is 0.0700 e. The van der Waals surface area contributed by atoms with Crippen LogP contribution < -0.4 is 10.6 Å². The Balaban J connectivity index is 1.83. The first-order chi connectivity index (χ1) is 6.29. The maximum atomic E-state index is 5.50. The number of ether oxygens (including phenoxy) is 1. The Bertz CT molecular complexity index is 122. The van der Waals surface area contributed by atoms with E-state index in [1.165, 1.54) is 12.8 Å². The van der Waals surface area contributed by atoms with Gasteiger partial charge >= 0.3 is 0 Å². The second kappa shape index (κ2) is 6.35. The molecule has 0 unspecified atom stereocenters. The molecule has 0 aliphatic carbocycles. The monoisotopic (exact) mass is 186 g/mol. The van der Waals surface area contributed by atoms with Gasteiger partial charge in [0.05, 0.1) is 6.10 Å². The maximum absolute atomic E-state index is 5.50. The molecule has 1 aliphatic heterocycles. The zero-order valence-corrected chi connectivity index (χ0v) is 8.81. The number of nitrogens with one attached hydrogen (secondary N) is 2. The average Bonchev–Trinajstić information content (AvgIpc) is 2.55. The summed E-state index contributed by atoms with van der Waals surface area (Å²) in [4.78, 5) is 0. The Morgan fingerprint density at radius 3 is 2.85 bits per heavy atom. The highest BCUT2D eigenvalue weighted by molar-refractivity contribution is 4.67. The van der Waals surface area contributed by atoms with Crippen molar-refractivity contribution >= 4 is 0 Å². The Morgan fingerprint density at radius 1 is 1.38 bits per heavy atom. The molecule has 0 aromatic carbocycles. The number of hydrogen-bond donors (Lipinski definition) is 2. The van der Waals surface area contributed by atoms with Gasteiger partial charge in [0.1, 0.15) is 0 Å². The van der Waals surface area contributed by atoms with E-state index in [0.29, 0.717) is 12.1 Å². The van der Waals surface area contributed by atoms with Crippen LogP contribution in [0, 0.1) is 0 Å². The highest BCUT2D eigenvalue weighted by Gasteiger charge is 2.13. The molecule has 1 atom stereocenters. The average molecular weight is 186 g/mol. The minimum Gasteiger partial charge on any atom is -0.377 e. The van der Waals surface area contributed by atoms with Crippen LogP contribution in [-0.2, 0) is 4.74 Å². The van der Waals surface area contributed by atoms with Crippen molar-refractivity contribution in [3.63, 3.8) is 0 Å². The third-order valence-corrected chi connectivity index (χ3v) is 2.25. The molecule has 0 aromatic rings. The third kappa shape index (κ3) is 5.24. The molecular weight excluding hydrogens is 164 g/mol. The third-order valence-electron chi connectivity index (χ3n) is 2.25. The van der Waals surface area contributed by atoms with Gasteiger partial charge in [-0.1, -0.05) is 13.8 Å². The second-order valence-corrected chi connectivity index (χ2v) is 3.95. The predicted octanol–water partition coefficient (Wildman–Crippen LogP) is 0.753. The first-order valence-corrected chi connectivity index (χ1v) is 5.34. The fraction of sp³-hybridized carbons (Fsp3) is 1.00. The van der Waals surface area contributed by atoms with Crippen molar-refractivity contribution < 1.29 is 4.74 Å². The standard InChI is InChI=1S/C10H22N2O/c1-9(2)12-6-5-11-8-10-4-3-7-13-10/h9-12H,3-8H2,1-2H3/t10-/m1/s1. The normalized spacial score (nSPS) is 22.8. The molecule has 1 saturated heterocycles. The van der Waals surface area contributed by atoms with Crippen LogP contribution in [0.4, 0.5) is 0 Å². The van der Waals surface area contributed by atoms with Gasteiger partial charge in [0.25, 0.3) is 0 Å². The van der Waals surface area contributed by atoms with Crippen LogP contribution in [0.3, 0.4) is 0 Å². The molecule has 0 amide bonds. The maximum Gasteiger partial charge on any atom is 0.0700 e. The summed E-state index contributed by atoms with van der Waals surface area (Å²) < 4.78 is 5.50. The van der Waals surface area contributed by atoms with Gasteiger partial charge in [-0.25, -0.2) is 0 Å². The van der Waals surface area contributed by atoms with Crippen molar-refractivity contribution in [1.29, 1.82) is 0 Å². The van der Waals surface area contributed by atoms with Crippen molar-refractivity contribution in [2.75, 3.05) is 26.2 Å². The molecule has 0 spiro atoms. The van der Waals surface area contributed by atoms with Gasteiger partial charge in [-0.05, 0) is 12.8 Å². The highest BCUT2D eigenvalue weighted by atomic mass is 16.5. The molecule has 2 N–H and O–H groups in total. The first kappa shape index (κ1) is 11.0. The van der Waals surface area contributed by atoms with Crippen molar-refractivity contribution in [3.05, 3.63) is 0 Å². The molecule has 3 nitrogen and oxygen atoms in total. The van der Waals surface area contributed by atoms with E-state index in [2.05, 4.69) is 24.5 Å². The summed E-state index contributed by atoms with van der Waals surface area (Å²) in [5, 5.41) is 6.76. The molecular formula is C10H22N2O. The van der Waals surface area contributed by atoms with E-state index < -0.39 is 0 Å². The second-order valence-electron chi connectivity index (χ2n) is 3.95. The van der Waals surface area contributed by atoms with Gasteiger partial charge < -0.3 is 15.4 Å². The summed E-state index contributed by atoms with van der Waals surface area (Å²) in [6.45, 7) is 8.39. The lowest BCUT2D eigenvalue weighted by Gasteiger charge is -2.12. The van der Waals surface area contributed by atoms with Crippen molar-refractivity contribution in [3.8, 4) is 0 Å². The Labute approximate surface area is 81.2 Å². The van der Waals surface area contributed by atoms with E-state index >= 15 is 0 Å². The first-order valence-electron chi connectivity index (χ1n) is 5.34. The summed E-state index contributed by atoms with van der Waals surface area (Å²) in [6.07, 6.45) is 2.93. The van der Waals surface area contributed by atoms with Gasteiger partial charge in [-0.15, -0.1) is 0 Å². The lowest BCUT2D eigenvalue weighted by atomic mass is 10.2. The summed E-state index contributed by atoms with van der Waals surface area (Å²) in [7, 11) is 0. The Morgan fingerprint density at radius 2 is 2.23 bits per heavy atom. The molecule has 1 aliphatic rings. The molecule has 1 fully saturated rings. The fourth-order valence-electron chi connectivity index (χ4n) is 1.52. The summed E-state index contributed by atoms with van der Waals surface area (Å²) >= 11 is 0. The Hall–Kier alpha value is -0.120. The van der Waals surface area contributed by atoms with Gasteiger partial charge in [0.2, 0.25) is 0 Å². The van der Waals surface area contributed by atoms with E-state index in [4.69, 9.17) is 4.74 Å². The molecule has 1 heterocycles. The minimum absolute atomic E-state index is 0.471. The minimum atomic E-state index is 0.471. The van der Waals surface area contributed by atoms with Gasteiger partial charge in [0.15, 0.2) is 0 Å². The molecule has 1 rings (SSSR count). The van der Waals surface area contributed by atoms with E-state index in [1.807, 2.05) is 0 Å². The van der Waals surface area contributed by atoms with Crippen LogP contribution >= 0.6 is 0 Å². The van der Waals surface area contributed by atoms with Crippen LogP contribution in [-0.4, -0.2) is 38.4 Å². The largest absolute Gasteiger partial charge is 0.377 e. The molecule has 0 radical (unpaired) electrons. The van der Waals surface area contributed by atoms with Crippen LogP contribution in [0.5, 0.6) is 0 Å². The molecule has 0 saturated carbocycles. The van der Waals surface area contributed by atoms with Crippen molar-refractivity contribution in [2.45, 2.75) is 38.8 Å². The van der Waals surface area contributed by atoms with Crippen molar-refractivity contribution in [1.82, 2.24) is 10.6 Å². The van der Waals surface area contributed by atoms with Crippen LogP contribution in [0.25, 0.3) is 0 Å². The summed E-state index contributed by atoms with van der Waals surface area (Å²) in [5.74, 6) is 0.